The molecule has 5 rings (SSSR count). The minimum atomic E-state index is -4.63. The van der Waals surface area contributed by atoms with Gasteiger partial charge in [0.15, 0.2) is 5.65 Å². The standard InChI is InChI=1S/C23H24F5N7O/c1-13-15-3-4-18(31-21(15)35(32-13)11-17(24)25)33-7-5-22(6-8-33)10-20(36)34(12-22)19-9-16(23(26,27)28)29-14(2)30-19/h3-4,9,17H,5-8,10-12H2,1-2H3. The van der Waals surface area contributed by atoms with Gasteiger partial charge in [0.25, 0.3) is 6.43 Å². The molecule has 2 saturated heterocycles. The second-order valence-corrected chi connectivity index (χ2v) is 9.50. The van der Waals surface area contributed by atoms with Crippen molar-refractivity contribution in [2.24, 2.45) is 5.41 Å². The maximum absolute atomic E-state index is 13.2. The molecule has 3 aromatic rings. The molecule has 2 aliphatic rings. The van der Waals surface area contributed by atoms with Crippen LogP contribution in [0.4, 0.5) is 33.6 Å². The van der Waals surface area contributed by atoms with Gasteiger partial charge >= 0.3 is 6.18 Å². The summed E-state index contributed by atoms with van der Waals surface area (Å²) >= 11 is 0. The first kappa shape index (κ1) is 24.3. The zero-order valence-electron chi connectivity index (χ0n) is 19.7. The fourth-order valence-corrected chi connectivity index (χ4v) is 5.12. The second kappa shape index (κ2) is 8.63. The lowest BCUT2D eigenvalue weighted by Gasteiger charge is -2.39. The summed E-state index contributed by atoms with van der Waals surface area (Å²) in [4.78, 5) is 28.3. The monoisotopic (exact) mass is 509 g/mol. The third-order valence-electron chi connectivity index (χ3n) is 6.94. The molecule has 0 bridgehead atoms. The molecule has 1 amide bonds. The smallest absolute Gasteiger partial charge is 0.357 e. The molecule has 2 fully saturated rings. The van der Waals surface area contributed by atoms with E-state index in [0.29, 0.717) is 48.5 Å². The Morgan fingerprint density at radius 2 is 1.78 bits per heavy atom. The lowest BCUT2D eigenvalue weighted by Crippen LogP contribution is -2.42. The number of carbonyl (C=O) groups excluding carboxylic acids is 1. The average molecular weight is 509 g/mol. The first-order valence-corrected chi connectivity index (χ1v) is 11.5. The number of nitrogens with zero attached hydrogens (tertiary/aromatic N) is 7. The highest BCUT2D eigenvalue weighted by atomic mass is 19.4. The number of alkyl halides is 5. The molecule has 0 N–H and O–H groups in total. The molecule has 36 heavy (non-hydrogen) atoms. The minimum absolute atomic E-state index is 0.0334. The van der Waals surface area contributed by atoms with Crippen molar-refractivity contribution in [3.05, 3.63) is 35.4 Å². The van der Waals surface area contributed by atoms with E-state index >= 15 is 0 Å². The van der Waals surface area contributed by atoms with Gasteiger partial charge in [0, 0.05) is 42.9 Å². The maximum atomic E-state index is 13.2. The van der Waals surface area contributed by atoms with Crippen LogP contribution >= 0.6 is 0 Å². The zero-order chi connectivity index (χ0) is 25.8. The van der Waals surface area contributed by atoms with Gasteiger partial charge in [-0.3, -0.25) is 9.69 Å². The van der Waals surface area contributed by atoms with Crippen LogP contribution in [0.15, 0.2) is 18.2 Å². The molecule has 0 aliphatic carbocycles. The lowest BCUT2D eigenvalue weighted by molar-refractivity contribution is -0.141. The number of fused-ring (bicyclic) bond motifs is 1. The van der Waals surface area contributed by atoms with Crippen LogP contribution in [0.2, 0.25) is 0 Å². The molecule has 0 aromatic carbocycles. The third-order valence-corrected chi connectivity index (χ3v) is 6.94. The van der Waals surface area contributed by atoms with Crippen LogP contribution in [0.1, 0.15) is 36.5 Å². The topological polar surface area (TPSA) is 80.0 Å². The SMILES string of the molecule is Cc1nc(N2CC3(CCN(c4ccc5c(C)nn(CC(F)F)c5n4)CC3)CC2=O)cc(C(F)(F)F)n1. The highest BCUT2D eigenvalue weighted by Crippen LogP contribution is 2.43. The second-order valence-electron chi connectivity index (χ2n) is 9.50. The molecule has 5 heterocycles. The van der Waals surface area contributed by atoms with Crippen molar-refractivity contribution >= 4 is 28.6 Å². The van der Waals surface area contributed by atoms with Crippen molar-refractivity contribution in [1.82, 2.24) is 24.7 Å². The molecule has 192 valence electrons. The summed E-state index contributed by atoms with van der Waals surface area (Å²) in [6.45, 7) is 3.99. The van der Waals surface area contributed by atoms with E-state index in [0.717, 1.165) is 6.07 Å². The van der Waals surface area contributed by atoms with Crippen LogP contribution in [-0.2, 0) is 17.5 Å². The van der Waals surface area contributed by atoms with Crippen molar-refractivity contribution in [1.29, 1.82) is 0 Å². The summed E-state index contributed by atoms with van der Waals surface area (Å²) < 4.78 is 66.8. The van der Waals surface area contributed by atoms with Crippen molar-refractivity contribution in [3.8, 4) is 0 Å². The number of anilines is 2. The summed E-state index contributed by atoms with van der Waals surface area (Å²) in [5.41, 5.74) is -0.438. The normalized spacial score (nSPS) is 18.3. The van der Waals surface area contributed by atoms with Crippen LogP contribution in [0, 0.1) is 19.3 Å². The number of aryl methyl sites for hydroxylation is 2. The Balaban J connectivity index is 1.33. The van der Waals surface area contributed by atoms with Gasteiger partial charge in [0.2, 0.25) is 5.91 Å². The molecular formula is C23H24F5N7O. The Bertz CT molecular complexity index is 1310. The fraction of sp³-hybridized carbons (Fsp3) is 0.522. The number of aromatic nitrogens is 5. The van der Waals surface area contributed by atoms with Gasteiger partial charge in [0.05, 0.1) is 5.69 Å². The van der Waals surface area contributed by atoms with Crippen LogP contribution in [0.5, 0.6) is 0 Å². The van der Waals surface area contributed by atoms with Crippen molar-refractivity contribution in [2.45, 2.75) is 52.3 Å². The molecule has 0 saturated carbocycles. The highest BCUT2D eigenvalue weighted by molar-refractivity contribution is 5.95. The minimum Gasteiger partial charge on any atom is -0.357 e. The summed E-state index contributed by atoms with van der Waals surface area (Å²) in [5.74, 6) is 0.288. The predicted octanol–water partition coefficient (Wildman–Crippen LogP) is 4.15. The number of halogens is 5. The molecule has 3 aromatic heterocycles. The van der Waals surface area contributed by atoms with Gasteiger partial charge in [-0.05, 0) is 38.8 Å². The number of pyridine rings is 1. The average Bonchev–Trinajstić information content (AvgIpc) is 3.28. The number of hydrogen-bond acceptors (Lipinski definition) is 6. The van der Waals surface area contributed by atoms with E-state index < -0.39 is 24.8 Å². The van der Waals surface area contributed by atoms with Gasteiger partial charge in [0.1, 0.15) is 29.7 Å². The van der Waals surface area contributed by atoms with Gasteiger partial charge in [-0.2, -0.15) is 18.3 Å². The van der Waals surface area contributed by atoms with E-state index in [2.05, 4.69) is 20.1 Å². The molecule has 0 atom stereocenters. The Kier molecular flexibility index (Phi) is 5.83. The molecule has 13 heteroatoms. The highest BCUT2D eigenvalue weighted by Gasteiger charge is 2.46. The first-order valence-electron chi connectivity index (χ1n) is 11.5. The number of carbonyl (C=O) groups is 1. The Hall–Kier alpha value is -3.38. The van der Waals surface area contributed by atoms with Gasteiger partial charge in [-0.25, -0.2) is 28.4 Å². The summed E-state index contributed by atoms with van der Waals surface area (Å²) in [5, 5.41) is 4.89. The predicted molar refractivity (Wildman–Crippen MR) is 121 cm³/mol. The van der Waals surface area contributed by atoms with Crippen molar-refractivity contribution in [2.75, 3.05) is 29.4 Å². The fourth-order valence-electron chi connectivity index (χ4n) is 5.12. The lowest BCUT2D eigenvalue weighted by atomic mass is 9.77. The van der Waals surface area contributed by atoms with Crippen LogP contribution < -0.4 is 9.80 Å². The first-order chi connectivity index (χ1) is 16.9. The maximum Gasteiger partial charge on any atom is 0.433 e. The quantitative estimate of drug-likeness (QED) is 0.492. The van der Waals surface area contributed by atoms with E-state index in [1.165, 1.54) is 16.5 Å². The third kappa shape index (κ3) is 4.46. The van der Waals surface area contributed by atoms with Gasteiger partial charge < -0.3 is 4.90 Å². The zero-order valence-corrected chi connectivity index (χ0v) is 19.7. The summed E-state index contributed by atoms with van der Waals surface area (Å²) in [6.07, 6.45) is -5.72. The molecule has 0 unspecified atom stereocenters. The van der Waals surface area contributed by atoms with Crippen molar-refractivity contribution < 1.29 is 26.7 Å². The largest absolute Gasteiger partial charge is 0.433 e. The molecule has 2 aliphatic heterocycles. The Morgan fingerprint density at radius 3 is 2.44 bits per heavy atom. The number of hydrogen-bond donors (Lipinski definition) is 0. The van der Waals surface area contributed by atoms with E-state index in [1.807, 2.05) is 17.0 Å². The molecular weight excluding hydrogens is 485 g/mol. The Labute approximate surface area is 203 Å². The number of piperidine rings is 1. The van der Waals surface area contributed by atoms with Crippen LogP contribution in [-0.4, -0.2) is 56.7 Å². The molecule has 1 spiro atoms. The van der Waals surface area contributed by atoms with Crippen molar-refractivity contribution in [3.63, 3.8) is 0 Å². The van der Waals surface area contributed by atoms with Crippen LogP contribution in [0.3, 0.4) is 0 Å². The number of rotatable bonds is 4. The van der Waals surface area contributed by atoms with E-state index in [9.17, 15) is 26.7 Å². The van der Waals surface area contributed by atoms with E-state index in [4.69, 9.17) is 0 Å². The van der Waals surface area contributed by atoms with Crippen LogP contribution in [0.25, 0.3) is 11.0 Å². The van der Waals surface area contributed by atoms with Gasteiger partial charge in [-0.15, -0.1) is 0 Å². The number of amides is 1. The Morgan fingerprint density at radius 1 is 1.06 bits per heavy atom. The summed E-state index contributed by atoms with van der Waals surface area (Å²) in [6, 6.07) is 4.47. The molecule has 0 radical (unpaired) electrons. The molecule has 8 nitrogen and oxygen atoms in total. The van der Waals surface area contributed by atoms with Gasteiger partial charge in [-0.1, -0.05) is 0 Å². The van der Waals surface area contributed by atoms with E-state index in [1.54, 1.807) is 6.92 Å². The summed E-state index contributed by atoms with van der Waals surface area (Å²) in [7, 11) is 0. The van der Waals surface area contributed by atoms with E-state index in [-0.39, 0.29) is 35.9 Å².